The Bertz CT molecular complexity index is 891. The Morgan fingerprint density at radius 1 is 1.15 bits per heavy atom. The minimum atomic E-state index is -0.973. The zero-order chi connectivity index (χ0) is 18.9. The van der Waals surface area contributed by atoms with Gasteiger partial charge in [0.15, 0.2) is 0 Å². The molecule has 0 heterocycles. The molecule has 0 fully saturated rings. The number of hydrogen-bond acceptors (Lipinski definition) is 4. The van der Waals surface area contributed by atoms with Gasteiger partial charge < -0.3 is 10.1 Å². The maximum Gasteiger partial charge on any atom is 0.329 e. The normalized spacial score (nSPS) is 10.2. The van der Waals surface area contributed by atoms with E-state index in [2.05, 4.69) is 21.8 Å². The summed E-state index contributed by atoms with van der Waals surface area (Å²) in [5.74, 6) is 0.939. The lowest BCUT2D eigenvalue weighted by Gasteiger charge is -2.07. The summed E-state index contributed by atoms with van der Waals surface area (Å²) in [5, 5.41) is 6.48. The summed E-state index contributed by atoms with van der Waals surface area (Å²) in [4.78, 5) is 23.7. The highest BCUT2D eigenvalue weighted by atomic mass is 35.5. The van der Waals surface area contributed by atoms with Crippen molar-refractivity contribution in [1.82, 2.24) is 5.43 Å². The Kier molecular flexibility index (Phi) is 7.03. The van der Waals surface area contributed by atoms with Crippen molar-refractivity contribution in [2.75, 3.05) is 11.9 Å². The Balaban J connectivity index is 1.98. The van der Waals surface area contributed by atoms with Gasteiger partial charge in [0.1, 0.15) is 12.4 Å². The fourth-order valence-electron chi connectivity index (χ4n) is 1.83. The molecule has 26 heavy (non-hydrogen) atoms. The highest BCUT2D eigenvalue weighted by Crippen LogP contribution is 2.29. The van der Waals surface area contributed by atoms with E-state index in [0.717, 1.165) is 0 Å². The Labute approximate surface area is 160 Å². The molecule has 0 radical (unpaired) electrons. The largest absolute Gasteiger partial charge is 0.480 e. The van der Waals surface area contributed by atoms with Gasteiger partial charge in [0.25, 0.3) is 0 Å². The van der Waals surface area contributed by atoms with Crippen LogP contribution in [0.5, 0.6) is 5.75 Å². The minimum absolute atomic E-state index is 0.0972. The summed E-state index contributed by atoms with van der Waals surface area (Å²) in [7, 11) is 0. The Hall–Kier alpha value is -3.01. The number of anilines is 1. The van der Waals surface area contributed by atoms with Crippen LogP contribution in [0.15, 0.2) is 47.6 Å². The third-order valence-corrected chi connectivity index (χ3v) is 3.82. The van der Waals surface area contributed by atoms with Crippen molar-refractivity contribution in [2.45, 2.75) is 0 Å². The number of halogens is 2. The summed E-state index contributed by atoms with van der Waals surface area (Å²) in [6.07, 6.45) is 6.49. The molecule has 2 aromatic carbocycles. The molecule has 0 atom stereocenters. The van der Waals surface area contributed by atoms with E-state index in [4.69, 9.17) is 34.4 Å². The lowest BCUT2D eigenvalue weighted by molar-refractivity contribution is -0.136. The molecule has 0 spiro atoms. The second-order valence-corrected chi connectivity index (χ2v) is 5.57. The Morgan fingerprint density at radius 2 is 1.92 bits per heavy atom. The average Bonchev–Trinajstić information content (AvgIpc) is 2.64. The predicted octanol–water partition coefficient (Wildman–Crippen LogP) is 3.09. The number of ether oxygens (including phenoxy) is 1. The second-order valence-electron chi connectivity index (χ2n) is 4.79. The fourth-order valence-corrected chi connectivity index (χ4v) is 2.18. The van der Waals surface area contributed by atoms with Gasteiger partial charge in [-0.25, -0.2) is 5.43 Å². The zero-order valence-corrected chi connectivity index (χ0v) is 14.8. The summed E-state index contributed by atoms with van der Waals surface area (Å²) >= 11 is 11.8. The molecule has 0 aliphatic heterocycles. The molecule has 2 aromatic rings. The van der Waals surface area contributed by atoms with E-state index in [-0.39, 0.29) is 22.3 Å². The fraction of sp³-hybridized carbons (Fsp3) is 0.0556. The number of benzene rings is 2. The lowest BCUT2D eigenvalue weighted by atomic mass is 10.2. The van der Waals surface area contributed by atoms with Crippen LogP contribution in [0.25, 0.3) is 0 Å². The van der Waals surface area contributed by atoms with Crippen molar-refractivity contribution < 1.29 is 14.3 Å². The van der Waals surface area contributed by atoms with E-state index < -0.39 is 11.8 Å². The molecule has 2 rings (SSSR count). The van der Waals surface area contributed by atoms with Crippen molar-refractivity contribution in [2.24, 2.45) is 5.10 Å². The summed E-state index contributed by atoms with van der Waals surface area (Å²) in [6, 6.07) is 11.6. The number of amides is 2. The van der Waals surface area contributed by atoms with Crippen LogP contribution in [0.2, 0.25) is 10.0 Å². The molecule has 0 aromatic heterocycles. The highest BCUT2D eigenvalue weighted by Gasteiger charge is 2.15. The molecule has 0 bridgehead atoms. The van der Waals surface area contributed by atoms with Crippen LogP contribution >= 0.6 is 23.2 Å². The molecule has 0 saturated carbocycles. The maximum atomic E-state index is 11.9. The van der Waals surface area contributed by atoms with Gasteiger partial charge in [-0.2, -0.15) is 5.10 Å². The van der Waals surface area contributed by atoms with Crippen LogP contribution in [0.4, 0.5) is 5.69 Å². The number of carbonyl (C=O) groups is 2. The van der Waals surface area contributed by atoms with E-state index >= 15 is 0 Å². The number of para-hydroxylation sites is 1. The number of carbonyl (C=O) groups excluding carboxylic acids is 2. The SMILES string of the molecule is C#CCOc1ccccc1/C=N\NC(=O)C(=O)Nc1cccc(Cl)c1Cl. The quantitative estimate of drug-likeness (QED) is 0.356. The summed E-state index contributed by atoms with van der Waals surface area (Å²) in [5.41, 5.74) is 2.92. The summed E-state index contributed by atoms with van der Waals surface area (Å²) in [6.45, 7) is 0.0972. The van der Waals surface area contributed by atoms with Gasteiger partial charge in [-0.1, -0.05) is 47.3 Å². The van der Waals surface area contributed by atoms with Crippen molar-refractivity contribution >= 4 is 46.9 Å². The zero-order valence-electron chi connectivity index (χ0n) is 13.3. The predicted molar refractivity (Wildman–Crippen MR) is 102 cm³/mol. The monoisotopic (exact) mass is 389 g/mol. The van der Waals surface area contributed by atoms with E-state index in [1.54, 1.807) is 36.4 Å². The standard InChI is InChI=1S/C18H13Cl2N3O3/c1-2-10-26-15-9-4-3-6-12(15)11-21-23-18(25)17(24)22-14-8-5-7-13(19)16(14)20/h1,3-9,11H,10H2,(H,22,24)(H,23,25)/b21-11-. The number of hydrogen-bond donors (Lipinski definition) is 2. The van der Waals surface area contributed by atoms with E-state index in [1.165, 1.54) is 12.3 Å². The smallest absolute Gasteiger partial charge is 0.329 e. The molecule has 2 N–H and O–H groups in total. The first-order chi connectivity index (χ1) is 12.5. The highest BCUT2D eigenvalue weighted by molar-refractivity contribution is 6.45. The van der Waals surface area contributed by atoms with Gasteiger partial charge in [-0.3, -0.25) is 9.59 Å². The van der Waals surface area contributed by atoms with Crippen molar-refractivity contribution in [1.29, 1.82) is 0 Å². The minimum Gasteiger partial charge on any atom is -0.480 e. The topological polar surface area (TPSA) is 79.8 Å². The first kappa shape index (κ1) is 19.3. The number of hydrazone groups is 1. The van der Waals surface area contributed by atoms with Crippen molar-refractivity contribution in [3.05, 3.63) is 58.1 Å². The van der Waals surface area contributed by atoms with Gasteiger partial charge >= 0.3 is 11.8 Å². The van der Waals surface area contributed by atoms with Crippen LogP contribution in [-0.4, -0.2) is 24.6 Å². The van der Waals surface area contributed by atoms with Crippen LogP contribution in [-0.2, 0) is 9.59 Å². The van der Waals surface area contributed by atoms with Gasteiger partial charge in [0.05, 0.1) is 21.9 Å². The molecule has 6 nitrogen and oxygen atoms in total. The van der Waals surface area contributed by atoms with Crippen LogP contribution in [0.3, 0.4) is 0 Å². The van der Waals surface area contributed by atoms with Crippen LogP contribution < -0.4 is 15.5 Å². The number of nitrogens with zero attached hydrogens (tertiary/aromatic N) is 1. The molecule has 0 saturated heterocycles. The number of terminal acetylenes is 1. The molecular formula is C18H13Cl2N3O3. The molecule has 132 valence electrons. The third kappa shape index (κ3) is 5.24. The average molecular weight is 390 g/mol. The van der Waals surface area contributed by atoms with Crippen molar-refractivity contribution in [3.63, 3.8) is 0 Å². The summed E-state index contributed by atoms with van der Waals surface area (Å²) < 4.78 is 5.35. The van der Waals surface area contributed by atoms with E-state index in [0.29, 0.717) is 11.3 Å². The van der Waals surface area contributed by atoms with E-state index in [9.17, 15) is 9.59 Å². The first-order valence-corrected chi connectivity index (χ1v) is 8.02. The molecule has 0 aliphatic carbocycles. The lowest BCUT2D eigenvalue weighted by Crippen LogP contribution is -2.32. The van der Waals surface area contributed by atoms with Gasteiger partial charge in [0.2, 0.25) is 0 Å². The molecule has 2 amide bonds. The van der Waals surface area contributed by atoms with Crippen molar-refractivity contribution in [3.8, 4) is 18.1 Å². The van der Waals surface area contributed by atoms with Gasteiger partial charge in [0, 0.05) is 5.56 Å². The third-order valence-electron chi connectivity index (χ3n) is 3.01. The Morgan fingerprint density at radius 3 is 2.69 bits per heavy atom. The van der Waals surface area contributed by atoms with Crippen LogP contribution in [0.1, 0.15) is 5.56 Å². The maximum absolute atomic E-state index is 11.9. The molecule has 0 aliphatic rings. The molecular weight excluding hydrogens is 377 g/mol. The number of nitrogens with one attached hydrogen (secondary N) is 2. The molecule has 0 unspecified atom stereocenters. The van der Waals surface area contributed by atoms with Crippen LogP contribution in [0, 0.1) is 12.3 Å². The van der Waals surface area contributed by atoms with Gasteiger partial charge in [-0.15, -0.1) is 6.42 Å². The molecule has 8 heteroatoms. The van der Waals surface area contributed by atoms with Gasteiger partial charge in [-0.05, 0) is 24.3 Å². The van der Waals surface area contributed by atoms with E-state index in [1.807, 2.05) is 0 Å². The first-order valence-electron chi connectivity index (χ1n) is 7.26. The number of rotatable bonds is 5. The second kappa shape index (κ2) is 9.47.